The molecular weight excluding hydrogens is 418 g/mol. The topological polar surface area (TPSA) is 112 Å². The van der Waals surface area contributed by atoms with E-state index in [1.54, 1.807) is 4.90 Å². The van der Waals surface area contributed by atoms with Gasteiger partial charge in [-0.3, -0.25) is 4.79 Å². The summed E-state index contributed by atoms with van der Waals surface area (Å²) in [6.45, 7) is 4.94. The first kappa shape index (κ1) is 21.5. The quantitative estimate of drug-likeness (QED) is 0.567. The van der Waals surface area contributed by atoms with Crippen LogP contribution in [0, 0.1) is 0 Å². The second kappa shape index (κ2) is 8.43. The number of fused-ring (bicyclic) bond motifs is 1. The van der Waals surface area contributed by atoms with E-state index in [1.807, 2.05) is 44.3 Å². The minimum absolute atomic E-state index is 0.00537. The zero-order valence-corrected chi connectivity index (χ0v) is 18.7. The van der Waals surface area contributed by atoms with Gasteiger partial charge in [0.05, 0.1) is 18.7 Å². The van der Waals surface area contributed by atoms with Gasteiger partial charge in [-0.2, -0.15) is 9.29 Å². The van der Waals surface area contributed by atoms with Crippen molar-refractivity contribution in [1.82, 2.24) is 24.3 Å². The SMILES string of the molecule is CC(C)c1nc(CCN(C2CN(C(=O)Cc3c[nH]c4ccccc34)C2)S(C)(=O)=O)no1. The van der Waals surface area contributed by atoms with Crippen molar-refractivity contribution in [3.63, 3.8) is 0 Å². The molecule has 1 fully saturated rings. The maximum atomic E-state index is 12.7. The number of carbonyl (C=O) groups excluding carboxylic acids is 1. The Hall–Kier alpha value is -2.72. The maximum Gasteiger partial charge on any atom is 0.229 e. The van der Waals surface area contributed by atoms with Crippen LogP contribution in [0.3, 0.4) is 0 Å². The Morgan fingerprint density at radius 1 is 1.32 bits per heavy atom. The van der Waals surface area contributed by atoms with Crippen LogP contribution >= 0.6 is 0 Å². The average molecular weight is 446 g/mol. The van der Waals surface area contributed by atoms with E-state index in [4.69, 9.17) is 4.52 Å². The van der Waals surface area contributed by atoms with Gasteiger partial charge in [-0.05, 0) is 11.6 Å². The zero-order valence-electron chi connectivity index (χ0n) is 17.9. The van der Waals surface area contributed by atoms with E-state index in [0.717, 1.165) is 16.5 Å². The Labute approximate surface area is 181 Å². The van der Waals surface area contributed by atoms with Crippen LogP contribution in [0.1, 0.15) is 37.0 Å². The second-order valence-electron chi connectivity index (χ2n) is 8.32. The molecule has 3 aromatic rings. The van der Waals surface area contributed by atoms with E-state index >= 15 is 0 Å². The van der Waals surface area contributed by atoms with E-state index in [0.29, 0.717) is 31.2 Å². The van der Waals surface area contributed by atoms with Crippen LogP contribution in [0.4, 0.5) is 0 Å². The minimum Gasteiger partial charge on any atom is -0.361 e. The van der Waals surface area contributed by atoms with Crippen LogP contribution in [0.15, 0.2) is 35.0 Å². The number of sulfonamides is 1. The van der Waals surface area contributed by atoms with Gasteiger partial charge in [0.25, 0.3) is 0 Å². The Morgan fingerprint density at radius 2 is 2.06 bits per heavy atom. The van der Waals surface area contributed by atoms with Crippen molar-refractivity contribution in [3.05, 3.63) is 47.7 Å². The van der Waals surface area contributed by atoms with Gasteiger partial charge < -0.3 is 14.4 Å². The summed E-state index contributed by atoms with van der Waals surface area (Å²) < 4.78 is 31.3. The lowest BCUT2D eigenvalue weighted by Crippen LogP contribution is -2.62. The molecule has 0 aliphatic carbocycles. The summed E-state index contributed by atoms with van der Waals surface area (Å²) in [5.74, 6) is 1.15. The number of aromatic amines is 1. The van der Waals surface area contributed by atoms with Crippen LogP contribution in [0.2, 0.25) is 0 Å². The molecule has 1 amide bonds. The number of carbonyl (C=O) groups is 1. The molecule has 10 heteroatoms. The summed E-state index contributed by atoms with van der Waals surface area (Å²) in [5.41, 5.74) is 1.94. The number of aromatic nitrogens is 3. The number of hydrogen-bond donors (Lipinski definition) is 1. The number of nitrogens with zero attached hydrogens (tertiary/aromatic N) is 4. The highest BCUT2D eigenvalue weighted by molar-refractivity contribution is 7.88. The maximum absolute atomic E-state index is 12.7. The van der Waals surface area contributed by atoms with Gasteiger partial charge in [-0.25, -0.2) is 8.42 Å². The van der Waals surface area contributed by atoms with Gasteiger partial charge in [-0.1, -0.05) is 37.2 Å². The Kier molecular flexibility index (Phi) is 5.85. The number of rotatable bonds is 8. The Morgan fingerprint density at radius 3 is 2.74 bits per heavy atom. The molecule has 0 atom stereocenters. The van der Waals surface area contributed by atoms with E-state index in [-0.39, 0.29) is 30.8 Å². The predicted molar refractivity (Wildman–Crippen MR) is 116 cm³/mol. The molecule has 0 bridgehead atoms. The van der Waals surface area contributed by atoms with Crippen LogP contribution in [-0.4, -0.2) is 70.6 Å². The third-order valence-corrected chi connectivity index (χ3v) is 6.93. The lowest BCUT2D eigenvalue weighted by Gasteiger charge is -2.44. The molecule has 0 saturated carbocycles. The molecule has 0 radical (unpaired) electrons. The fraction of sp³-hybridized carbons (Fsp3) is 0.476. The number of likely N-dealkylation sites (tertiary alicyclic amines) is 1. The molecule has 166 valence electrons. The second-order valence-corrected chi connectivity index (χ2v) is 10.3. The van der Waals surface area contributed by atoms with Gasteiger partial charge in [0.2, 0.25) is 21.8 Å². The van der Waals surface area contributed by atoms with E-state index < -0.39 is 10.0 Å². The largest absolute Gasteiger partial charge is 0.361 e. The number of amides is 1. The number of para-hydroxylation sites is 1. The first-order chi connectivity index (χ1) is 14.7. The molecular formula is C21H27N5O4S. The van der Waals surface area contributed by atoms with Crippen LogP contribution in [0.5, 0.6) is 0 Å². The number of hydrogen-bond acceptors (Lipinski definition) is 6. The van der Waals surface area contributed by atoms with Crippen molar-refractivity contribution in [2.45, 2.75) is 38.6 Å². The van der Waals surface area contributed by atoms with Gasteiger partial charge in [0.1, 0.15) is 0 Å². The predicted octanol–water partition coefficient (Wildman–Crippen LogP) is 1.93. The Bertz CT molecular complexity index is 1180. The monoisotopic (exact) mass is 445 g/mol. The van der Waals surface area contributed by atoms with E-state index in [1.165, 1.54) is 10.6 Å². The average Bonchev–Trinajstić information content (AvgIpc) is 3.30. The van der Waals surface area contributed by atoms with Crippen molar-refractivity contribution in [2.24, 2.45) is 0 Å². The molecule has 2 aromatic heterocycles. The fourth-order valence-corrected chi connectivity index (χ4v) is 4.92. The first-order valence-electron chi connectivity index (χ1n) is 10.3. The molecule has 0 spiro atoms. The highest BCUT2D eigenvalue weighted by Crippen LogP contribution is 2.23. The molecule has 9 nitrogen and oxygen atoms in total. The third-order valence-electron chi connectivity index (χ3n) is 5.60. The Balaban J connectivity index is 1.35. The van der Waals surface area contributed by atoms with Crippen LogP contribution < -0.4 is 0 Å². The number of nitrogens with one attached hydrogen (secondary N) is 1. The number of H-pyrrole nitrogens is 1. The summed E-state index contributed by atoms with van der Waals surface area (Å²) in [5, 5.41) is 4.96. The van der Waals surface area contributed by atoms with Crippen molar-refractivity contribution in [3.8, 4) is 0 Å². The molecule has 1 aliphatic heterocycles. The summed E-state index contributed by atoms with van der Waals surface area (Å²) in [4.78, 5) is 21.9. The molecule has 0 unspecified atom stereocenters. The van der Waals surface area contributed by atoms with Gasteiger partial charge >= 0.3 is 0 Å². The summed E-state index contributed by atoms with van der Waals surface area (Å²) >= 11 is 0. The lowest BCUT2D eigenvalue weighted by atomic mass is 10.1. The van der Waals surface area contributed by atoms with E-state index in [2.05, 4.69) is 15.1 Å². The standard InChI is InChI=1S/C21H27N5O4S/c1-14(2)21-23-19(24-30-21)8-9-26(31(3,28)29)16-12-25(13-16)20(27)10-15-11-22-18-7-5-4-6-17(15)18/h4-7,11,14,16,22H,8-10,12-13H2,1-3H3. The van der Waals surface area contributed by atoms with Gasteiger partial charge in [0, 0.05) is 49.1 Å². The molecule has 1 saturated heterocycles. The van der Waals surface area contributed by atoms with Crippen LogP contribution in [0.25, 0.3) is 10.9 Å². The summed E-state index contributed by atoms with van der Waals surface area (Å²) in [6, 6.07) is 7.62. The lowest BCUT2D eigenvalue weighted by molar-refractivity contribution is -0.136. The zero-order chi connectivity index (χ0) is 22.2. The van der Waals surface area contributed by atoms with Crippen molar-refractivity contribution >= 4 is 26.8 Å². The molecule has 1 aliphatic rings. The van der Waals surface area contributed by atoms with Crippen molar-refractivity contribution < 1.29 is 17.7 Å². The fourth-order valence-electron chi connectivity index (χ4n) is 3.83. The number of benzene rings is 1. The van der Waals surface area contributed by atoms with E-state index in [9.17, 15) is 13.2 Å². The molecule has 4 rings (SSSR count). The van der Waals surface area contributed by atoms with Gasteiger partial charge in [-0.15, -0.1) is 0 Å². The van der Waals surface area contributed by atoms with Crippen molar-refractivity contribution in [2.75, 3.05) is 25.9 Å². The molecule has 31 heavy (non-hydrogen) atoms. The van der Waals surface area contributed by atoms with Crippen molar-refractivity contribution in [1.29, 1.82) is 0 Å². The highest BCUT2D eigenvalue weighted by Gasteiger charge is 2.38. The highest BCUT2D eigenvalue weighted by atomic mass is 32.2. The molecule has 3 heterocycles. The molecule has 1 N–H and O–H groups in total. The minimum atomic E-state index is -3.43. The first-order valence-corrected chi connectivity index (χ1v) is 12.2. The third kappa shape index (κ3) is 4.64. The normalized spacial score (nSPS) is 15.2. The van der Waals surface area contributed by atoms with Crippen LogP contribution in [-0.2, 0) is 27.7 Å². The van der Waals surface area contributed by atoms with Gasteiger partial charge in [0.15, 0.2) is 5.82 Å². The smallest absolute Gasteiger partial charge is 0.229 e. The molecule has 1 aromatic carbocycles. The summed E-state index contributed by atoms with van der Waals surface area (Å²) in [7, 11) is -3.43. The summed E-state index contributed by atoms with van der Waals surface area (Å²) in [6.07, 6.45) is 3.71.